The van der Waals surface area contributed by atoms with E-state index in [1.807, 2.05) is 6.07 Å². The van der Waals surface area contributed by atoms with Crippen molar-refractivity contribution in [1.29, 1.82) is 0 Å². The Hall–Kier alpha value is -2.35. The van der Waals surface area contributed by atoms with Gasteiger partial charge in [-0.25, -0.2) is 0 Å². The molecule has 2 heterocycles. The summed E-state index contributed by atoms with van der Waals surface area (Å²) in [5.74, 6) is -1.44. The van der Waals surface area contributed by atoms with Crippen molar-refractivity contribution in [2.24, 2.45) is 0 Å². The summed E-state index contributed by atoms with van der Waals surface area (Å²) in [5, 5.41) is 8.82. The van der Waals surface area contributed by atoms with E-state index in [0.29, 0.717) is 25.8 Å². The van der Waals surface area contributed by atoms with Gasteiger partial charge in [-0.2, -0.15) is 0 Å². The number of carboxylic acids is 1. The molecule has 0 saturated carbocycles. The number of rotatable bonds is 8. The van der Waals surface area contributed by atoms with E-state index in [-0.39, 0.29) is 36.3 Å². The zero-order valence-electron chi connectivity index (χ0n) is 13.2. The third kappa shape index (κ3) is 4.82. The second-order valence-corrected chi connectivity index (χ2v) is 5.92. The third-order valence-electron chi connectivity index (χ3n) is 3.70. The number of nitrogens with zero attached hydrogens (tertiary/aromatic N) is 3. The second kappa shape index (κ2) is 8.49. The van der Waals surface area contributed by atoms with Crippen molar-refractivity contribution < 1.29 is 19.5 Å². The highest BCUT2D eigenvalue weighted by atomic mass is 32.1. The summed E-state index contributed by atoms with van der Waals surface area (Å²) in [5.41, 5.74) is 0.837. The number of carbonyl (C=O) groups is 3. The van der Waals surface area contributed by atoms with Crippen LogP contribution in [0.15, 0.2) is 24.5 Å². The average molecular weight is 349 g/mol. The van der Waals surface area contributed by atoms with Crippen LogP contribution in [0.2, 0.25) is 0 Å². The summed E-state index contributed by atoms with van der Waals surface area (Å²) in [4.78, 5) is 41.5. The standard InChI is InChI=1S/C16H19N3O4S/c20-13-9-14(21)19(11-12-5-4-7-17-10-12)16(24)18(13)8-3-1-2-6-15(22)23/h4-5,7,10H,1-3,6,8-9,11H2,(H,22,23). The lowest BCUT2D eigenvalue weighted by Gasteiger charge is -2.35. The molecule has 8 heteroatoms. The van der Waals surface area contributed by atoms with E-state index in [4.69, 9.17) is 17.3 Å². The van der Waals surface area contributed by atoms with Crippen LogP contribution in [0.5, 0.6) is 0 Å². The molecule has 1 aromatic heterocycles. The molecule has 0 aliphatic carbocycles. The molecule has 0 unspecified atom stereocenters. The highest BCUT2D eigenvalue weighted by molar-refractivity contribution is 7.80. The Morgan fingerprint density at radius 2 is 1.96 bits per heavy atom. The van der Waals surface area contributed by atoms with Gasteiger partial charge in [-0.3, -0.25) is 29.2 Å². The molecule has 128 valence electrons. The van der Waals surface area contributed by atoms with Crippen LogP contribution in [0.25, 0.3) is 0 Å². The maximum Gasteiger partial charge on any atom is 0.303 e. The molecule has 2 rings (SSSR count). The minimum Gasteiger partial charge on any atom is -0.481 e. The zero-order chi connectivity index (χ0) is 17.5. The first kappa shape index (κ1) is 18.0. The lowest BCUT2D eigenvalue weighted by atomic mass is 10.1. The molecule has 0 radical (unpaired) electrons. The first-order valence-electron chi connectivity index (χ1n) is 7.74. The van der Waals surface area contributed by atoms with Crippen LogP contribution in [-0.4, -0.2) is 49.3 Å². The van der Waals surface area contributed by atoms with Crippen LogP contribution in [0.3, 0.4) is 0 Å². The van der Waals surface area contributed by atoms with Gasteiger partial charge in [0.25, 0.3) is 0 Å². The van der Waals surface area contributed by atoms with Crippen molar-refractivity contribution in [3.8, 4) is 0 Å². The zero-order valence-corrected chi connectivity index (χ0v) is 14.0. The number of carbonyl (C=O) groups excluding carboxylic acids is 2. The van der Waals surface area contributed by atoms with E-state index in [1.54, 1.807) is 18.5 Å². The fourth-order valence-corrected chi connectivity index (χ4v) is 2.81. The lowest BCUT2D eigenvalue weighted by Crippen LogP contribution is -2.54. The fraction of sp³-hybridized carbons (Fsp3) is 0.438. The van der Waals surface area contributed by atoms with Crippen molar-refractivity contribution in [2.45, 2.75) is 38.6 Å². The number of aromatic nitrogens is 1. The predicted molar refractivity (Wildman–Crippen MR) is 89.8 cm³/mol. The highest BCUT2D eigenvalue weighted by Crippen LogP contribution is 2.17. The van der Waals surface area contributed by atoms with Gasteiger partial charge in [0.15, 0.2) is 5.11 Å². The summed E-state index contributed by atoms with van der Waals surface area (Å²) in [6, 6.07) is 3.62. The van der Waals surface area contributed by atoms with E-state index in [2.05, 4.69) is 4.98 Å². The Morgan fingerprint density at radius 3 is 2.62 bits per heavy atom. The maximum absolute atomic E-state index is 12.1. The third-order valence-corrected chi connectivity index (χ3v) is 4.14. The normalized spacial score (nSPS) is 15.1. The average Bonchev–Trinajstić information content (AvgIpc) is 2.54. The number of hydrogen-bond acceptors (Lipinski definition) is 5. The van der Waals surface area contributed by atoms with Crippen LogP contribution >= 0.6 is 12.2 Å². The van der Waals surface area contributed by atoms with Crippen LogP contribution in [0.4, 0.5) is 0 Å². The van der Waals surface area contributed by atoms with Crippen molar-refractivity contribution in [1.82, 2.24) is 14.8 Å². The monoisotopic (exact) mass is 349 g/mol. The molecule has 1 saturated heterocycles. The van der Waals surface area contributed by atoms with Gasteiger partial charge in [-0.1, -0.05) is 12.5 Å². The number of hydrogen-bond donors (Lipinski definition) is 1. The number of amides is 2. The van der Waals surface area contributed by atoms with E-state index in [0.717, 1.165) is 5.56 Å². The van der Waals surface area contributed by atoms with Gasteiger partial charge in [0.2, 0.25) is 11.8 Å². The molecule has 0 aromatic carbocycles. The van der Waals surface area contributed by atoms with Crippen molar-refractivity contribution >= 4 is 35.1 Å². The van der Waals surface area contributed by atoms with Gasteiger partial charge >= 0.3 is 5.97 Å². The largest absolute Gasteiger partial charge is 0.481 e. The molecular formula is C16H19N3O4S. The van der Waals surface area contributed by atoms with Gasteiger partial charge in [-0.05, 0) is 36.7 Å². The van der Waals surface area contributed by atoms with Gasteiger partial charge in [0.05, 0.1) is 6.54 Å². The van der Waals surface area contributed by atoms with Crippen molar-refractivity contribution in [2.75, 3.05) is 6.54 Å². The number of unbranched alkanes of at least 4 members (excludes halogenated alkanes) is 2. The Labute approximate surface area is 145 Å². The molecule has 24 heavy (non-hydrogen) atoms. The topological polar surface area (TPSA) is 90.8 Å². The smallest absolute Gasteiger partial charge is 0.303 e. The summed E-state index contributed by atoms with van der Waals surface area (Å²) >= 11 is 5.32. The van der Waals surface area contributed by atoms with Gasteiger partial charge < -0.3 is 5.11 Å². The summed E-state index contributed by atoms with van der Waals surface area (Å²) in [7, 11) is 0. The molecule has 1 aliphatic heterocycles. The molecule has 1 aromatic rings. The predicted octanol–water partition coefficient (Wildman–Crippen LogP) is 1.57. The van der Waals surface area contributed by atoms with Gasteiger partial charge in [0, 0.05) is 25.4 Å². The number of aliphatic carboxylic acids is 1. The minimum absolute atomic E-state index is 0.115. The van der Waals surface area contributed by atoms with Crippen LogP contribution < -0.4 is 0 Å². The van der Waals surface area contributed by atoms with E-state index in [9.17, 15) is 14.4 Å². The Morgan fingerprint density at radius 1 is 1.21 bits per heavy atom. The molecule has 2 amide bonds. The Bertz CT molecular complexity index is 635. The summed E-state index contributed by atoms with van der Waals surface area (Å²) in [6.07, 6.45) is 5.11. The Kier molecular flexibility index (Phi) is 6.36. The van der Waals surface area contributed by atoms with E-state index < -0.39 is 5.97 Å². The van der Waals surface area contributed by atoms with E-state index in [1.165, 1.54) is 9.80 Å². The number of thiocarbonyl (C=S) groups is 1. The number of carboxylic acid groups (broad SMARTS) is 1. The summed E-state index contributed by atoms with van der Waals surface area (Å²) in [6.45, 7) is 0.683. The fourth-order valence-electron chi connectivity index (χ4n) is 2.45. The SMILES string of the molecule is O=C(O)CCCCCN1C(=O)CC(=O)N(Cc2cccnc2)C1=S. The lowest BCUT2D eigenvalue weighted by molar-refractivity contribution is -0.141. The highest BCUT2D eigenvalue weighted by Gasteiger charge is 2.34. The molecule has 7 nitrogen and oxygen atoms in total. The van der Waals surface area contributed by atoms with Crippen molar-refractivity contribution in [3.05, 3.63) is 30.1 Å². The first-order chi connectivity index (χ1) is 11.5. The number of pyridine rings is 1. The minimum atomic E-state index is -0.826. The second-order valence-electron chi connectivity index (χ2n) is 5.55. The van der Waals surface area contributed by atoms with Crippen LogP contribution in [-0.2, 0) is 20.9 Å². The molecule has 0 bridgehead atoms. The maximum atomic E-state index is 12.1. The van der Waals surface area contributed by atoms with Crippen LogP contribution in [0.1, 0.15) is 37.7 Å². The molecule has 1 N–H and O–H groups in total. The van der Waals surface area contributed by atoms with Crippen LogP contribution in [0, 0.1) is 0 Å². The van der Waals surface area contributed by atoms with Crippen molar-refractivity contribution in [3.63, 3.8) is 0 Å². The van der Waals surface area contributed by atoms with Gasteiger partial charge in [-0.15, -0.1) is 0 Å². The summed E-state index contributed by atoms with van der Waals surface area (Å²) < 4.78 is 0. The van der Waals surface area contributed by atoms with E-state index >= 15 is 0 Å². The molecule has 1 fully saturated rings. The molecule has 0 atom stereocenters. The molecular weight excluding hydrogens is 330 g/mol. The van der Waals surface area contributed by atoms with Gasteiger partial charge in [0.1, 0.15) is 6.42 Å². The first-order valence-corrected chi connectivity index (χ1v) is 8.15. The molecule has 0 spiro atoms. The Balaban J connectivity index is 1.93. The quantitative estimate of drug-likeness (QED) is 0.435. The molecule has 1 aliphatic rings.